The number of nitrogens with zero attached hydrogens (tertiary/aromatic N) is 4. The molecule has 0 atom stereocenters. The van der Waals surface area contributed by atoms with Gasteiger partial charge in [-0.1, -0.05) is 0 Å². The van der Waals surface area contributed by atoms with E-state index in [2.05, 4.69) is 30.8 Å². The van der Waals surface area contributed by atoms with Gasteiger partial charge < -0.3 is 19.2 Å². The number of aliphatic imine (C=N–C) groups is 1. The van der Waals surface area contributed by atoms with Crippen molar-refractivity contribution in [2.45, 2.75) is 26.9 Å². The molecule has 0 amide bonds. The third-order valence-electron chi connectivity index (χ3n) is 3.49. The Balaban J connectivity index is 0.00000242. The van der Waals surface area contributed by atoms with Crippen molar-refractivity contribution in [3.05, 3.63) is 41.4 Å². The Hall–Kier alpha value is -1.51. The highest BCUT2D eigenvalue weighted by Crippen LogP contribution is 2.08. The third-order valence-corrected chi connectivity index (χ3v) is 3.49. The number of hydrogen-bond acceptors (Lipinski definition) is 3. The molecule has 7 heteroatoms. The molecule has 0 aliphatic heterocycles. The van der Waals surface area contributed by atoms with Crippen LogP contribution in [0.1, 0.15) is 23.0 Å². The van der Waals surface area contributed by atoms with Crippen molar-refractivity contribution in [1.82, 2.24) is 19.8 Å². The highest BCUT2D eigenvalue weighted by molar-refractivity contribution is 14.0. The van der Waals surface area contributed by atoms with Crippen molar-refractivity contribution in [2.24, 2.45) is 12.0 Å². The van der Waals surface area contributed by atoms with Crippen LogP contribution >= 0.6 is 24.0 Å². The summed E-state index contributed by atoms with van der Waals surface area (Å²) in [5, 5.41) is 3.27. The molecule has 0 spiro atoms. The fourth-order valence-electron chi connectivity index (χ4n) is 2.13. The van der Waals surface area contributed by atoms with Gasteiger partial charge in [0.05, 0.1) is 18.8 Å². The molecule has 0 radical (unpaired) electrons. The van der Waals surface area contributed by atoms with Crippen molar-refractivity contribution in [1.29, 1.82) is 0 Å². The Kier molecular flexibility index (Phi) is 6.92. The van der Waals surface area contributed by atoms with E-state index in [1.54, 1.807) is 7.05 Å². The molecule has 0 fully saturated rings. The molecule has 0 aliphatic carbocycles. The van der Waals surface area contributed by atoms with Gasteiger partial charge in [0.2, 0.25) is 5.89 Å². The molecule has 2 heterocycles. The predicted molar refractivity (Wildman–Crippen MR) is 98.5 cm³/mol. The first-order valence-corrected chi connectivity index (χ1v) is 6.96. The highest BCUT2D eigenvalue weighted by Gasteiger charge is 2.10. The number of rotatable bonds is 4. The van der Waals surface area contributed by atoms with Crippen LogP contribution in [0.15, 0.2) is 27.7 Å². The zero-order valence-electron chi connectivity index (χ0n) is 13.8. The van der Waals surface area contributed by atoms with E-state index in [1.165, 1.54) is 5.69 Å². The highest BCUT2D eigenvalue weighted by atomic mass is 127. The molecule has 2 aromatic heterocycles. The maximum Gasteiger partial charge on any atom is 0.214 e. The van der Waals surface area contributed by atoms with Gasteiger partial charge in [0.1, 0.15) is 5.76 Å². The molecular weight excluding hydrogens is 393 g/mol. The van der Waals surface area contributed by atoms with Crippen LogP contribution in [0.4, 0.5) is 0 Å². The fourth-order valence-corrected chi connectivity index (χ4v) is 2.13. The molecule has 0 bridgehead atoms. The summed E-state index contributed by atoms with van der Waals surface area (Å²) >= 11 is 0. The lowest BCUT2D eigenvalue weighted by Gasteiger charge is -2.21. The summed E-state index contributed by atoms with van der Waals surface area (Å²) < 4.78 is 7.66. The number of nitrogens with one attached hydrogen (secondary N) is 1. The molecule has 2 rings (SSSR count). The topological polar surface area (TPSA) is 58.6 Å². The van der Waals surface area contributed by atoms with Gasteiger partial charge in [0.25, 0.3) is 0 Å². The molecule has 6 nitrogen and oxygen atoms in total. The van der Waals surface area contributed by atoms with E-state index in [4.69, 9.17) is 4.42 Å². The summed E-state index contributed by atoms with van der Waals surface area (Å²) in [5.41, 5.74) is 2.15. The van der Waals surface area contributed by atoms with Crippen molar-refractivity contribution in [3.63, 3.8) is 0 Å². The predicted octanol–water partition coefficient (Wildman–Crippen LogP) is 2.46. The number of guanidine groups is 1. The van der Waals surface area contributed by atoms with Crippen LogP contribution in [-0.4, -0.2) is 34.5 Å². The molecule has 0 aromatic carbocycles. The van der Waals surface area contributed by atoms with E-state index >= 15 is 0 Å². The normalized spacial score (nSPS) is 11.2. The first-order valence-electron chi connectivity index (χ1n) is 6.96. The SMILES string of the molecule is CN=C(NCc1nc(C)c(C)o1)N(C)Cc1cccn1C.I. The van der Waals surface area contributed by atoms with Gasteiger partial charge in [0, 0.05) is 33.0 Å². The minimum Gasteiger partial charge on any atom is -0.444 e. The van der Waals surface area contributed by atoms with Gasteiger partial charge in [-0.15, -0.1) is 24.0 Å². The van der Waals surface area contributed by atoms with Crippen molar-refractivity contribution in [2.75, 3.05) is 14.1 Å². The zero-order valence-corrected chi connectivity index (χ0v) is 16.1. The number of halogens is 1. The molecule has 22 heavy (non-hydrogen) atoms. The van der Waals surface area contributed by atoms with Gasteiger partial charge in [-0.05, 0) is 26.0 Å². The molecule has 1 N–H and O–H groups in total. The van der Waals surface area contributed by atoms with E-state index in [9.17, 15) is 0 Å². The van der Waals surface area contributed by atoms with Crippen LogP contribution in [0.3, 0.4) is 0 Å². The summed E-state index contributed by atoms with van der Waals surface area (Å²) in [7, 11) is 5.82. The lowest BCUT2D eigenvalue weighted by Crippen LogP contribution is -2.38. The van der Waals surface area contributed by atoms with Gasteiger partial charge in [-0.2, -0.15) is 0 Å². The molecule has 0 saturated carbocycles. The Morgan fingerprint density at radius 1 is 1.45 bits per heavy atom. The molecule has 0 saturated heterocycles. The van der Waals surface area contributed by atoms with Crippen LogP contribution in [-0.2, 0) is 20.1 Å². The van der Waals surface area contributed by atoms with E-state index in [0.29, 0.717) is 12.4 Å². The molecule has 0 unspecified atom stereocenters. The van der Waals surface area contributed by atoms with Crippen LogP contribution in [0, 0.1) is 13.8 Å². The van der Waals surface area contributed by atoms with Crippen LogP contribution in [0.25, 0.3) is 0 Å². The monoisotopic (exact) mass is 417 g/mol. The summed E-state index contributed by atoms with van der Waals surface area (Å²) in [6, 6.07) is 4.14. The molecule has 0 aliphatic rings. The van der Waals surface area contributed by atoms with Gasteiger partial charge >= 0.3 is 0 Å². The van der Waals surface area contributed by atoms with Gasteiger partial charge in [-0.3, -0.25) is 4.99 Å². The quantitative estimate of drug-likeness (QED) is 0.472. The van der Waals surface area contributed by atoms with Gasteiger partial charge in [0.15, 0.2) is 5.96 Å². The summed E-state index contributed by atoms with van der Waals surface area (Å²) in [5.74, 6) is 2.35. The van der Waals surface area contributed by atoms with Crippen LogP contribution in [0.5, 0.6) is 0 Å². The van der Waals surface area contributed by atoms with Crippen LogP contribution < -0.4 is 5.32 Å². The van der Waals surface area contributed by atoms with Crippen molar-refractivity contribution >= 4 is 29.9 Å². The summed E-state index contributed by atoms with van der Waals surface area (Å²) in [6.07, 6.45) is 2.04. The smallest absolute Gasteiger partial charge is 0.214 e. The van der Waals surface area contributed by atoms with E-state index < -0.39 is 0 Å². The minimum atomic E-state index is 0. The second kappa shape index (κ2) is 8.21. The first kappa shape index (κ1) is 18.5. The second-order valence-electron chi connectivity index (χ2n) is 5.12. The fraction of sp³-hybridized carbons (Fsp3) is 0.467. The average molecular weight is 417 g/mol. The maximum atomic E-state index is 5.56. The van der Waals surface area contributed by atoms with E-state index in [0.717, 1.165) is 24.0 Å². The average Bonchev–Trinajstić information content (AvgIpc) is 2.98. The van der Waals surface area contributed by atoms with Gasteiger partial charge in [-0.25, -0.2) is 4.98 Å². The van der Waals surface area contributed by atoms with Crippen LogP contribution in [0.2, 0.25) is 0 Å². The van der Waals surface area contributed by atoms with E-state index in [-0.39, 0.29) is 24.0 Å². The largest absolute Gasteiger partial charge is 0.444 e. The molecule has 2 aromatic rings. The third kappa shape index (κ3) is 4.49. The maximum absolute atomic E-state index is 5.56. The lowest BCUT2D eigenvalue weighted by molar-refractivity contribution is 0.437. The summed E-state index contributed by atoms with van der Waals surface area (Å²) in [6.45, 7) is 5.17. The van der Waals surface area contributed by atoms with Crippen molar-refractivity contribution < 1.29 is 4.42 Å². The Bertz CT molecular complexity index is 612. The van der Waals surface area contributed by atoms with Crippen molar-refractivity contribution in [3.8, 4) is 0 Å². The Morgan fingerprint density at radius 2 is 2.18 bits per heavy atom. The summed E-state index contributed by atoms with van der Waals surface area (Å²) in [4.78, 5) is 10.7. The number of aromatic nitrogens is 2. The number of hydrogen-bond donors (Lipinski definition) is 1. The number of aryl methyl sites for hydroxylation is 3. The Labute approximate surface area is 148 Å². The second-order valence-corrected chi connectivity index (χ2v) is 5.12. The standard InChI is InChI=1S/C15H23N5O.HI/c1-11-12(2)21-14(18-11)9-17-15(16-3)20(5)10-13-7-6-8-19(13)4;/h6-8H,9-10H2,1-5H3,(H,16,17);1H. The lowest BCUT2D eigenvalue weighted by atomic mass is 10.4. The zero-order chi connectivity index (χ0) is 15.4. The van der Waals surface area contributed by atoms with E-state index in [1.807, 2.05) is 40.2 Å². The first-order chi connectivity index (χ1) is 10.0. The minimum absolute atomic E-state index is 0. The molecular formula is C15H24IN5O. The Morgan fingerprint density at radius 3 is 2.68 bits per heavy atom. The number of oxazole rings is 1. The molecule has 122 valence electrons.